The van der Waals surface area contributed by atoms with Gasteiger partial charge in [-0.05, 0) is 73.1 Å². The van der Waals surface area contributed by atoms with Gasteiger partial charge < -0.3 is 9.84 Å². The monoisotopic (exact) mass is 364 g/mol. The first-order chi connectivity index (χ1) is 13.1. The molecule has 4 rings (SSSR count). The SMILES string of the molecule is O=C(O)CCCC12CCC(OCc3cccc(-c4ccccc4)c3)(CC1)C2. The summed E-state index contributed by atoms with van der Waals surface area (Å²) in [4.78, 5) is 10.8. The molecule has 2 aliphatic rings. The molecule has 0 spiro atoms. The van der Waals surface area contributed by atoms with Crippen LogP contribution in [0.15, 0.2) is 54.6 Å². The van der Waals surface area contributed by atoms with E-state index in [4.69, 9.17) is 9.84 Å². The lowest BCUT2D eigenvalue weighted by atomic mass is 9.80. The maximum absolute atomic E-state index is 10.8. The van der Waals surface area contributed by atoms with E-state index in [1.165, 1.54) is 29.5 Å². The molecule has 2 saturated carbocycles. The molecule has 27 heavy (non-hydrogen) atoms. The van der Waals surface area contributed by atoms with Crippen LogP contribution in [0, 0.1) is 5.41 Å². The Kier molecular flexibility index (Phi) is 5.05. The molecule has 0 saturated heterocycles. The van der Waals surface area contributed by atoms with Crippen LogP contribution in [0.2, 0.25) is 0 Å². The van der Waals surface area contributed by atoms with Gasteiger partial charge in [-0.1, -0.05) is 48.5 Å². The second-order valence-electron chi connectivity index (χ2n) is 8.46. The van der Waals surface area contributed by atoms with Gasteiger partial charge in [0.25, 0.3) is 0 Å². The largest absolute Gasteiger partial charge is 0.481 e. The zero-order valence-electron chi connectivity index (χ0n) is 15.8. The van der Waals surface area contributed by atoms with Crippen molar-refractivity contribution >= 4 is 5.97 Å². The predicted molar refractivity (Wildman–Crippen MR) is 106 cm³/mol. The summed E-state index contributed by atoms with van der Waals surface area (Å²) in [5, 5.41) is 8.90. The highest BCUT2D eigenvalue weighted by Crippen LogP contribution is 2.60. The highest BCUT2D eigenvalue weighted by Gasteiger charge is 2.54. The second kappa shape index (κ2) is 7.47. The summed E-state index contributed by atoms with van der Waals surface area (Å²) in [7, 11) is 0. The van der Waals surface area contributed by atoms with Gasteiger partial charge in [0.2, 0.25) is 0 Å². The van der Waals surface area contributed by atoms with Crippen molar-refractivity contribution in [2.45, 2.75) is 63.6 Å². The minimum Gasteiger partial charge on any atom is -0.481 e. The first-order valence-electron chi connectivity index (χ1n) is 10.1. The quantitative estimate of drug-likeness (QED) is 0.641. The molecular formula is C24H28O3. The predicted octanol–water partition coefficient (Wildman–Crippen LogP) is 5.83. The molecule has 2 aromatic carbocycles. The van der Waals surface area contributed by atoms with Gasteiger partial charge >= 0.3 is 5.97 Å². The molecule has 0 heterocycles. The highest BCUT2D eigenvalue weighted by molar-refractivity contribution is 5.66. The molecule has 0 amide bonds. The van der Waals surface area contributed by atoms with Gasteiger partial charge in [0.1, 0.15) is 0 Å². The van der Waals surface area contributed by atoms with E-state index >= 15 is 0 Å². The normalized spacial score (nSPS) is 26.4. The van der Waals surface area contributed by atoms with Crippen LogP contribution in [0.3, 0.4) is 0 Å². The average Bonchev–Trinajstić information content (AvgIpc) is 3.24. The molecule has 2 aliphatic carbocycles. The van der Waals surface area contributed by atoms with Crippen molar-refractivity contribution in [3.05, 3.63) is 60.2 Å². The van der Waals surface area contributed by atoms with Crippen molar-refractivity contribution in [2.24, 2.45) is 5.41 Å². The third-order valence-electron chi connectivity index (χ3n) is 6.60. The molecule has 2 bridgehead atoms. The maximum Gasteiger partial charge on any atom is 0.303 e. The van der Waals surface area contributed by atoms with Crippen LogP contribution in [-0.2, 0) is 16.1 Å². The van der Waals surface area contributed by atoms with Gasteiger partial charge in [-0.15, -0.1) is 0 Å². The van der Waals surface area contributed by atoms with E-state index in [0.717, 1.165) is 32.1 Å². The third kappa shape index (κ3) is 4.08. The molecule has 3 nitrogen and oxygen atoms in total. The van der Waals surface area contributed by atoms with E-state index in [0.29, 0.717) is 18.4 Å². The number of aliphatic carboxylic acids is 1. The minimum atomic E-state index is -0.678. The fourth-order valence-corrected chi connectivity index (χ4v) is 5.13. The van der Waals surface area contributed by atoms with Gasteiger partial charge in [-0.25, -0.2) is 0 Å². The fraction of sp³-hybridized carbons (Fsp3) is 0.458. The number of ether oxygens (including phenoxy) is 1. The van der Waals surface area contributed by atoms with E-state index < -0.39 is 5.97 Å². The zero-order valence-corrected chi connectivity index (χ0v) is 15.8. The molecule has 0 aromatic heterocycles. The van der Waals surface area contributed by atoms with Crippen molar-refractivity contribution in [1.82, 2.24) is 0 Å². The Hall–Kier alpha value is -2.13. The van der Waals surface area contributed by atoms with Crippen LogP contribution in [0.1, 0.15) is 56.9 Å². The molecule has 1 N–H and O–H groups in total. The van der Waals surface area contributed by atoms with Crippen LogP contribution in [-0.4, -0.2) is 16.7 Å². The summed E-state index contributed by atoms with van der Waals surface area (Å²) in [5.74, 6) is -0.678. The standard InChI is InChI=1S/C24H28O3/c25-22(26)10-5-11-23-12-14-24(18-23,15-13-23)27-17-19-6-4-9-21(16-19)20-7-2-1-3-8-20/h1-4,6-9,16H,5,10-15,17-18H2,(H,25,26). The lowest BCUT2D eigenvalue weighted by Gasteiger charge is -2.28. The topological polar surface area (TPSA) is 46.5 Å². The van der Waals surface area contributed by atoms with Crippen molar-refractivity contribution < 1.29 is 14.6 Å². The van der Waals surface area contributed by atoms with E-state index in [1.807, 2.05) is 6.07 Å². The number of hydrogen-bond donors (Lipinski definition) is 1. The van der Waals surface area contributed by atoms with Crippen molar-refractivity contribution in [2.75, 3.05) is 0 Å². The van der Waals surface area contributed by atoms with Gasteiger partial charge in [-0.3, -0.25) is 4.79 Å². The Morgan fingerprint density at radius 2 is 1.70 bits per heavy atom. The Morgan fingerprint density at radius 3 is 2.44 bits per heavy atom. The molecule has 0 atom stereocenters. The summed E-state index contributed by atoms with van der Waals surface area (Å²) in [6.07, 6.45) is 7.86. The number of carboxylic acid groups (broad SMARTS) is 1. The first kappa shape index (κ1) is 18.2. The van der Waals surface area contributed by atoms with E-state index in [9.17, 15) is 4.79 Å². The lowest BCUT2D eigenvalue weighted by Crippen LogP contribution is -2.26. The maximum atomic E-state index is 10.8. The van der Waals surface area contributed by atoms with Gasteiger partial charge in [-0.2, -0.15) is 0 Å². The van der Waals surface area contributed by atoms with Gasteiger partial charge in [0.15, 0.2) is 0 Å². The number of benzene rings is 2. The van der Waals surface area contributed by atoms with Crippen LogP contribution in [0.4, 0.5) is 0 Å². The third-order valence-corrected chi connectivity index (χ3v) is 6.60. The highest BCUT2D eigenvalue weighted by atomic mass is 16.5. The van der Waals surface area contributed by atoms with Gasteiger partial charge in [0, 0.05) is 6.42 Å². The summed E-state index contributed by atoms with van der Waals surface area (Å²) in [5.41, 5.74) is 4.04. The van der Waals surface area contributed by atoms with Crippen molar-refractivity contribution in [3.63, 3.8) is 0 Å². The number of hydrogen-bond acceptors (Lipinski definition) is 2. The Balaban J connectivity index is 1.37. The molecule has 2 fully saturated rings. The molecule has 142 valence electrons. The second-order valence-corrected chi connectivity index (χ2v) is 8.46. The zero-order chi connectivity index (χ0) is 18.7. The first-order valence-corrected chi connectivity index (χ1v) is 10.1. The number of fused-ring (bicyclic) bond motifs is 2. The number of rotatable bonds is 8. The molecule has 3 heteroatoms. The van der Waals surface area contributed by atoms with E-state index in [1.54, 1.807) is 0 Å². The average molecular weight is 364 g/mol. The van der Waals surface area contributed by atoms with Crippen LogP contribution >= 0.6 is 0 Å². The Morgan fingerprint density at radius 1 is 0.963 bits per heavy atom. The minimum absolute atomic E-state index is 0.0198. The molecule has 2 aromatic rings. The van der Waals surface area contributed by atoms with Crippen molar-refractivity contribution in [3.8, 4) is 11.1 Å². The lowest BCUT2D eigenvalue weighted by molar-refractivity contribution is -0.137. The number of carbonyl (C=O) groups is 1. The Bertz CT molecular complexity index is 788. The molecule has 0 aliphatic heterocycles. The summed E-state index contributed by atoms with van der Waals surface area (Å²) < 4.78 is 6.49. The Labute approximate surface area is 161 Å². The van der Waals surface area contributed by atoms with Crippen LogP contribution in [0.5, 0.6) is 0 Å². The van der Waals surface area contributed by atoms with E-state index in [-0.39, 0.29) is 5.60 Å². The van der Waals surface area contributed by atoms with Crippen LogP contribution < -0.4 is 0 Å². The van der Waals surface area contributed by atoms with Crippen LogP contribution in [0.25, 0.3) is 11.1 Å². The smallest absolute Gasteiger partial charge is 0.303 e. The van der Waals surface area contributed by atoms with Gasteiger partial charge in [0.05, 0.1) is 12.2 Å². The summed E-state index contributed by atoms with van der Waals surface area (Å²) in [6, 6.07) is 19.1. The summed E-state index contributed by atoms with van der Waals surface area (Å²) >= 11 is 0. The van der Waals surface area contributed by atoms with Crippen molar-refractivity contribution in [1.29, 1.82) is 0 Å². The fourth-order valence-electron chi connectivity index (χ4n) is 5.13. The molecule has 0 radical (unpaired) electrons. The number of carboxylic acids is 1. The molecular weight excluding hydrogens is 336 g/mol. The summed E-state index contributed by atoms with van der Waals surface area (Å²) in [6.45, 7) is 0.659. The molecule has 0 unspecified atom stereocenters. The van der Waals surface area contributed by atoms with E-state index in [2.05, 4.69) is 48.5 Å².